The van der Waals surface area contributed by atoms with E-state index in [0.29, 0.717) is 12.0 Å². The topological polar surface area (TPSA) is 93.7 Å². The standard InChI is InChI=1S/C31H34N2O5/c1-31(2,3)29(35)38-33-26-19-25(26)23-14-16-24(17-15-23)28(34)27(18-21-10-6-4-7-11-21)32-30(36)37-20-22-12-8-5-9-13-22/h4-17,25-27,33H,18-20H2,1-3H3,(H,32,36). The number of alkyl carbamates (subject to hydrolysis) is 1. The molecule has 3 atom stereocenters. The molecule has 1 aliphatic rings. The van der Waals surface area contributed by atoms with Gasteiger partial charge in [0.25, 0.3) is 0 Å². The molecule has 7 nitrogen and oxygen atoms in total. The largest absolute Gasteiger partial charge is 0.445 e. The lowest BCUT2D eigenvalue weighted by Crippen LogP contribution is -2.42. The van der Waals surface area contributed by atoms with E-state index in [1.807, 2.05) is 72.8 Å². The van der Waals surface area contributed by atoms with Crippen LogP contribution in [-0.4, -0.2) is 29.9 Å². The molecular formula is C31H34N2O5. The summed E-state index contributed by atoms with van der Waals surface area (Å²) in [6, 6.07) is 25.6. The summed E-state index contributed by atoms with van der Waals surface area (Å²) in [5, 5.41) is 2.76. The second-order valence-electron chi connectivity index (χ2n) is 10.6. The lowest BCUT2D eigenvalue weighted by Gasteiger charge is -2.18. The molecule has 1 amide bonds. The third-order valence-corrected chi connectivity index (χ3v) is 6.43. The molecule has 0 bridgehead atoms. The van der Waals surface area contributed by atoms with Crippen LogP contribution in [0.15, 0.2) is 84.9 Å². The van der Waals surface area contributed by atoms with E-state index in [1.165, 1.54) is 0 Å². The summed E-state index contributed by atoms with van der Waals surface area (Å²) in [4.78, 5) is 43.2. The van der Waals surface area contributed by atoms with Gasteiger partial charge >= 0.3 is 12.1 Å². The van der Waals surface area contributed by atoms with Crippen LogP contribution in [0.25, 0.3) is 0 Å². The quantitative estimate of drug-likeness (QED) is 0.280. The molecule has 0 aliphatic heterocycles. The molecule has 7 heteroatoms. The normalized spacial score (nSPS) is 17.2. The maximum absolute atomic E-state index is 13.5. The van der Waals surface area contributed by atoms with Crippen LogP contribution in [0.1, 0.15) is 60.2 Å². The van der Waals surface area contributed by atoms with E-state index in [-0.39, 0.29) is 30.3 Å². The first-order valence-electron chi connectivity index (χ1n) is 12.8. The molecule has 1 fully saturated rings. The van der Waals surface area contributed by atoms with Crippen molar-refractivity contribution in [2.24, 2.45) is 5.41 Å². The van der Waals surface area contributed by atoms with Crippen molar-refractivity contribution < 1.29 is 24.0 Å². The molecule has 3 aromatic rings. The van der Waals surface area contributed by atoms with Crippen LogP contribution in [0.5, 0.6) is 0 Å². The summed E-state index contributed by atoms with van der Waals surface area (Å²) in [6.07, 6.45) is 0.544. The highest BCUT2D eigenvalue weighted by Crippen LogP contribution is 2.41. The van der Waals surface area contributed by atoms with Crippen molar-refractivity contribution >= 4 is 17.8 Å². The Morgan fingerprint density at radius 1 is 0.868 bits per heavy atom. The van der Waals surface area contributed by atoms with Gasteiger partial charge in [0.15, 0.2) is 5.78 Å². The van der Waals surface area contributed by atoms with Crippen molar-refractivity contribution in [2.75, 3.05) is 0 Å². The minimum atomic E-state index is -0.779. The van der Waals surface area contributed by atoms with Gasteiger partial charge in [0, 0.05) is 17.9 Å². The van der Waals surface area contributed by atoms with Gasteiger partial charge in [-0.05, 0) is 43.9 Å². The van der Waals surface area contributed by atoms with Gasteiger partial charge in [0.2, 0.25) is 0 Å². The fraction of sp³-hybridized carbons (Fsp3) is 0.323. The van der Waals surface area contributed by atoms with Crippen LogP contribution in [0.2, 0.25) is 0 Å². The molecule has 2 N–H and O–H groups in total. The minimum Gasteiger partial charge on any atom is -0.445 e. The highest BCUT2D eigenvalue weighted by molar-refractivity contribution is 6.01. The number of hydroxylamine groups is 1. The number of ketones is 1. The van der Waals surface area contributed by atoms with Crippen LogP contribution in [0.4, 0.5) is 4.79 Å². The summed E-state index contributed by atoms with van der Waals surface area (Å²) in [7, 11) is 0. The Hall–Kier alpha value is -3.97. The Bertz CT molecular complexity index is 1240. The highest BCUT2D eigenvalue weighted by atomic mass is 16.7. The Labute approximate surface area is 223 Å². The highest BCUT2D eigenvalue weighted by Gasteiger charge is 2.40. The second kappa shape index (κ2) is 12.0. The first kappa shape index (κ1) is 27.1. The first-order chi connectivity index (χ1) is 18.2. The maximum atomic E-state index is 13.5. The molecule has 1 saturated carbocycles. The minimum absolute atomic E-state index is 0.0507. The number of hydrogen-bond donors (Lipinski definition) is 2. The Morgan fingerprint density at radius 3 is 2.08 bits per heavy atom. The molecular weight excluding hydrogens is 480 g/mol. The summed E-state index contributed by atoms with van der Waals surface area (Å²) in [5.74, 6) is -0.289. The average Bonchev–Trinajstić information content (AvgIpc) is 3.70. The lowest BCUT2D eigenvalue weighted by atomic mass is 9.96. The van der Waals surface area contributed by atoms with Gasteiger partial charge in [-0.25, -0.2) is 9.59 Å². The predicted molar refractivity (Wildman–Crippen MR) is 144 cm³/mol. The first-order valence-corrected chi connectivity index (χ1v) is 12.8. The Kier molecular flexibility index (Phi) is 8.59. The fourth-order valence-electron chi connectivity index (χ4n) is 4.04. The van der Waals surface area contributed by atoms with Gasteiger partial charge in [-0.1, -0.05) is 84.9 Å². The number of Topliss-reactive ketones (excluding diaryl/α,β-unsaturated/α-hetero) is 1. The van der Waals surface area contributed by atoms with E-state index in [1.54, 1.807) is 32.9 Å². The van der Waals surface area contributed by atoms with Gasteiger partial charge in [0.1, 0.15) is 6.61 Å². The van der Waals surface area contributed by atoms with Crippen molar-refractivity contribution in [1.29, 1.82) is 0 Å². The molecule has 4 rings (SSSR count). The monoisotopic (exact) mass is 514 g/mol. The molecule has 0 saturated heterocycles. The molecule has 38 heavy (non-hydrogen) atoms. The van der Waals surface area contributed by atoms with Gasteiger partial charge < -0.3 is 14.9 Å². The number of hydrogen-bond acceptors (Lipinski definition) is 6. The third-order valence-electron chi connectivity index (χ3n) is 6.43. The zero-order valence-corrected chi connectivity index (χ0v) is 22.0. The van der Waals surface area contributed by atoms with Crippen molar-refractivity contribution in [3.63, 3.8) is 0 Å². The average molecular weight is 515 g/mol. The van der Waals surface area contributed by atoms with E-state index in [0.717, 1.165) is 23.1 Å². The zero-order valence-electron chi connectivity index (χ0n) is 22.0. The third kappa shape index (κ3) is 7.52. The Balaban J connectivity index is 1.38. The molecule has 3 aromatic carbocycles. The van der Waals surface area contributed by atoms with Crippen LogP contribution < -0.4 is 10.8 Å². The van der Waals surface area contributed by atoms with E-state index in [2.05, 4.69) is 10.8 Å². The number of amides is 1. The zero-order chi connectivity index (χ0) is 27.1. The van der Waals surface area contributed by atoms with Crippen LogP contribution >= 0.6 is 0 Å². The van der Waals surface area contributed by atoms with Gasteiger partial charge in [-0.2, -0.15) is 0 Å². The maximum Gasteiger partial charge on any atom is 0.408 e. The SMILES string of the molecule is CC(C)(C)C(=O)ONC1CC1c1ccc(C(=O)C(Cc2ccccc2)NC(=O)OCc2ccccc2)cc1. The predicted octanol–water partition coefficient (Wildman–Crippen LogP) is 5.36. The number of rotatable bonds is 10. The molecule has 0 radical (unpaired) electrons. The molecule has 198 valence electrons. The lowest BCUT2D eigenvalue weighted by molar-refractivity contribution is -0.161. The number of benzene rings is 3. The number of carbonyl (C=O) groups excluding carboxylic acids is 3. The molecule has 0 heterocycles. The molecule has 0 aromatic heterocycles. The Morgan fingerprint density at radius 2 is 1.47 bits per heavy atom. The second-order valence-corrected chi connectivity index (χ2v) is 10.6. The van der Waals surface area contributed by atoms with E-state index in [4.69, 9.17) is 9.57 Å². The van der Waals surface area contributed by atoms with Gasteiger partial charge in [-0.15, -0.1) is 5.48 Å². The van der Waals surface area contributed by atoms with E-state index >= 15 is 0 Å². The van der Waals surface area contributed by atoms with Crippen molar-refractivity contribution in [1.82, 2.24) is 10.8 Å². The van der Waals surface area contributed by atoms with Gasteiger partial charge in [0.05, 0.1) is 17.5 Å². The molecule has 0 spiro atoms. The van der Waals surface area contributed by atoms with E-state index in [9.17, 15) is 14.4 Å². The molecule has 3 unspecified atom stereocenters. The van der Waals surface area contributed by atoms with Crippen LogP contribution in [0.3, 0.4) is 0 Å². The van der Waals surface area contributed by atoms with Crippen molar-refractivity contribution in [2.45, 2.75) is 58.2 Å². The van der Waals surface area contributed by atoms with Crippen molar-refractivity contribution in [3.05, 3.63) is 107 Å². The summed E-state index contributed by atoms with van der Waals surface area (Å²) >= 11 is 0. The number of carbonyl (C=O) groups is 3. The summed E-state index contributed by atoms with van der Waals surface area (Å²) in [5.41, 5.74) is 5.65. The summed E-state index contributed by atoms with van der Waals surface area (Å²) in [6.45, 7) is 5.54. The van der Waals surface area contributed by atoms with E-state index < -0.39 is 17.6 Å². The number of ether oxygens (including phenoxy) is 1. The van der Waals surface area contributed by atoms with Crippen LogP contribution in [-0.2, 0) is 27.4 Å². The van der Waals surface area contributed by atoms with Crippen molar-refractivity contribution in [3.8, 4) is 0 Å². The smallest absolute Gasteiger partial charge is 0.408 e. The van der Waals surface area contributed by atoms with Crippen LogP contribution in [0, 0.1) is 5.41 Å². The summed E-state index contributed by atoms with van der Waals surface area (Å²) < 4.78 is 5.37. The van der Waals surface area contributed by atoms with Gasteiger partial charge in [-0.3, -0.25) is 4.79 Å². The number of nitrogens with one attached hydrogen (secondary N) is 2. The molecule has 1 aliphatic carbocycles. The fourth-order valence-corrected chi connectivity index (χ4v) is 4.04.